The van der Waals surface area contributed by atoms with Gasteiger partial charge < -0.3 is 5.73 Å². The van der Waals surface area contributed by atoms with Crippen LogP contribution in [0.5, 0.6) is 0 Å². The molecule has 1 aromatic heterocycles. The topological polar surface area (TPSA) is 56.0 Å². The molecule has 0 aromatic carbocycles. The molecule has 0 aliphatic heterocycles. The lowest BCUT2D eigenvalue weighted by atomic mass is 10.2. The van der Waals surface area contributed by atoms with Crippen molar-refractivity contribution in [1.82, 2.24) is 4.98 Å². The minimum absolute atomic E-state index is 0.0134. The molecular formula is C7H6N2O. The van der Waals surface area contributed by atoms with Crippen LogP contribution in [0.4, 0.5) is 0 Å². The first-order chi connectivity index (χ1) is 4.84. The second-order valence-electron chi connectivity index (χ2n) is 1.74. The van der Waals surface area contributed by atoms with E-state index in [1.165, 1.54) is 12.3 Å². The largest absolute Gasteiger partial charge is 0.324 e. The highest BCUT2D eigenvalue weighted by atomic mass is 16.1. The van der Waals surface area contributed by atoms with Gasteiger partial charge in [0.15, 0.2) is 5.78 Å². The lowest BCUT2D eigenvalue weighted by molar-refractivity contribution is 0.100. The standard InChI is InChI=1S/C7H6N2O/c8-4-7(10)6-2-1-3-9-5-6/h2,5H,4,8H2. The highest BCUT2D eigenvalue weighted by molar-refractivity contribution is 5.96. The highest BCUT2D eigenvalue weighted by Crippen LogP contribution is 1.91. The van der Waals surface area contributed by atoms with E-state index >= 15 is 0 Å². The average molecular weight is 134 g/mol. The molecule has 0 aliphatic rings. The minimum Gasteiger partial charge on any atom is -0.324 e. The molecule has 0 fully saturated rings. The predicted molar refractivity (Wildman–Crippen MR) is 35.3 cm³/mol. The van der Waals surface area contributed by atoms with Crippen LogP contribution >= 0.6 is 0 Å². The van der Waals surface area contributed by atoms with Crippen LogP contribution in [0, 0.1) is 12.3 Å². The molecule has 1 rings (SSSR count). The van der Waals surface area contributed by atoms with Crippen molar-refractivity contribution in [2.24, 2.45) is 5.73 Å². The summed E-state index contributed by atoms with van der Waals surface area (Å²) in [6.07, 6.45) is 3.87. The highest BCUT2D eigenvalue weighted by Gasteiger charge is 1.99. The Balaban J connectivity index is 2.85. The van der Waals surface area contributed by atoms with E-state index in [9.17, 15) is 4.79 Å². The van der Waals surface area contributed by atoms with Gasteiger partial charge in [0.05, 0.1) is 6.54 Å². The van der Waals surface area contributed by atoms with Crippen LogP contribution in [0.2, 0.25) is 0 Å². The SMILES string of the molecule is NCC(=O)c1cc#cnc1. The Hall–Kier alpha value is -1.40. The Bertz CT molecular complexity index is 220. The fraction of sp³-hybridized carbons (Fsp3) is 0.143. The average Bonchev–Trinajstić information content (AvgIpc) is 2.05. The molecule has 50 valence electrons. The van der Waals surface area contributed by atoms with Crippen molar-refractivity contribution in [3.8, 4) is 0 Å². The molecule has 1 heterocycles. The summed E-state index contributed by atoms with van der Waals surface area (Å²) in [4.78, 5) is 14.4. The Morgan fingerprint density at radius 1 is 1.80 bits per heavy atom. The first-order valence-electron chi connectivity index (χ1n) is 2.81. The van der Waals surface area contributed by atoms with Crippen molar-refractivity contribution in [3.05, 3.63) is 30.1 Å². The second-order valence-corrected chi connectivity index (χ2v) is 1.74. The summed E-state index contributed by atoms with van der Waals surface area (Å²) in [5.41, 5.74) is 5.59. The van der Waals surface area contributed by atoms with E-state index < -0.39 is 0 Å². The Kier molecular flexibility index (Phi) is 1.98. The van der Waals surface area contributed by atoms with Gasteiger partial charge in [0.2, 0.25) is 0 Å². The Morgan fingerprint density at radius 3 is 3.10 bits per heavy atom. The van der Waals surface area contributed by atoms with Crippen LogP contribution in [0.25, 0.3) is 0 Å². The summed E-state index contributed by atoms with van der Waals surface area (Å²) in [6, 6.07) is 4.08. The first-order valence-corrected chi connectivity index (χ1v) is 2.81. The lowest BCUT2D eigenvalue weighted by Gasteiger charge is -1.90. The van der Waals surface area contributed by atoms with Crippen molar-refractivity contribution < 1.29 is 4.79 Å². The van der Waals surface area contributed by atoms with Gasteiger partial charge >= 0.3 is 0 Å². The molecule has 0 radical (unpaired) electrons. The van der Waals surface area contributed by atoms with Gasteiger partial charge in [0, 0.05) is 24.0 Å². The maximum absolute atomic E-state index is 10.8. The fourth-order valence-corrected chi connectivity index (χ4v) is 0.557. The van der Waals surface area contributed by atoms with Crippen LogP contribution in [-0.2, 0) is 0 Å². The number of aromatic nitrogens is 1. The van der Waals surface area contributed by atoms with Crippen molar-refractivity contribution in [2.75, 3.05) is 6.54 Å². The van der Waals surface area contributed by atoms with Crippen LogP contribution in [0.3, 0.4) is 0 Å². The van der Waals surface area contributed by atoms with Gasteiger partial charge in [0.25, 0.3) is 0 Å². The maximum Gasteiger partial charge on any atom is 0.178 e. The van der Waals surface area contributed by atoms with Crippen molar-refractivity contribution >= 4 is 5.78 Å². The van der Waals surface area contributed by atoms with Crippen molar-refractivity contribution in [2.45, 2.75) is 0 Å². The molecule has 0 saturated heterocycles. The number of carbonyl (C=O) groups is 1. The molecule has 3 heteroatoms. The number of nitrogens with two attached hydrogens (primary N) is 1. The van der Waals surface area contributed by atoms with Gasteiger partial charge in [-0.25, -0.2) is 4.98 Å². The van der Waals surface area contributed by atoms with Gasteiger partial charge in [-0.1, -0.05) is 0 Å². The Morgan fingerprint density at radius 2 is 2.60 bits per heavy atom. The number of rotatable bonds is 2. The molecule has 1 aromatic rings. The maximum atomic E-state index is 10.8. The van der Waals surface area contributed by atoms with E-state index in [2.05, 4.69) is 17.2 Å². The van der Waals surface area contributed by atoms with E-state index in [4.69, 9.17) is 5.73 Å². The third-order valence-electron chi connectivity index (χ3n) is 1.07. The summed E-state index contributed by atoms with van der Waals surface area (Å²) in [7, 11) is 0. The third kappa shape index (κ3) is 1.30. The van der Waals surface area contributed by atoms with Gasteiger partial charge in [-0.05, 0) is 6.07 Å². The van der Waals surface area contributed by atoms with Crippen molar-refractivity contribution in [3.63, 3.8) is 0 Å². The summed E-state index contributed by atoms with van der Waals surface area (Å²) in [5, 5.41) is 0. The second kappa shape index (κ2) is 2.95. The molecule has 0 aliphatic carbocycles. The van der Waals surface area contributed by atoms with Crippen molar-refractivity contribution in [1.29, 1.82) is 0 Å². The van der Waals surface area contributed by atoms with Crippen LogP contribution in [0.1, 0.15) is 10.4 Å². The van der Waals surface area contributed by atoms with Crippen LogP contribution < -0.4 is 5.73 Å². The summed E-state index contributed by atoms with van der Waals surface area (Å²) < 4.78 is 0. The smallest absolute Gasteiger partial charge is 0.178 e. The van der Waals surface area contributed by atoms with Crippen LogP contribution in [-0.4, -0.2) is 17.3 Å². The third-order valence-corrected chi connectivity index (χ3v) is 1.07. The van der Waals surface area contributed by atoms with Gasteiger partial charge in [0.1, 0.15) is 0 Å². The zero-order valence-electron chi connectivity index (χ0n) is 5.29. The van der Waals surface area contributed by atoms with Gasteiger partial charge in [-0.15, -0.1) is 0 Å². The number of carbonyl (C=O) groups excluding carboxylic acids is 1. The molecule has 0 unspecified atom stereocenters. The number of hydrogen-bond acceptors (Lipinski definition) is 3. The van der Waals surface area contributed by atoms with Gasteiger partial charge in [-0.3, -0.25) is 4.79 Å². The molecule has 0 amide bonds. The molecule has 0 atom stereocenters. The number of Topliss-reactive ketones (excluding diaryl/α,β-unsaturated/α-hetero) is 1. The van der Waals surface area contributed by atoms with Gasteiger partial charge in [-0.2, -0.15) is 0 Å². The Labute approximate surface area is 58.9 Å². The lowest BCUT2D eigenvalue weighted by Crippen LogP contribution is -2.13. The zero-order valence-corrected chi connectivity index (χ0v) is 5.29. The monoisotopic (exact) mass is 134 g/mol. The summed E-state index contributed by atoms with van der Waals surface area (Å²) in [6.45, 7) is 0.0134. The van der Waals surface area contributed by atoms with E-state index in [1.807, 2.05) is 0 Å². The molecular weight excluding hydrogens is 128 g/mol. The first kappa shape index (κ1) is 6.72. The number of nitrogens with zero attached hydrogens (tertiary/aromatic N) is 1. The molecule has 3 nitrogen and oxygen atoms in total. The molecule has 2 N–H and O–H groups in total. The van der Waals surface area contributed by atoms with E-state index in [1.54, 1.807) is 0 Å². The van der Waals surface area contributed by atoms with E-state index in [0.29, 0.717) is 5.56 Å². The number of hydrogen-bond donors (Lipinski definition) is 1. The zero-order chi connectivity index (χ0) is 7.40. The molecule has 0 spiro atoms. The summed E-state index contributed by atoms with van der Waals surface area (Å²) in [5.74, 6) is -0.127. The quantitative estimate of drug-likeness (QED) is 0.571. The molecule has 10 heavy (non-hydrogen) atoms. The normalized spacial score (nSPS) is 8.50. The molecule has 0 saturated carbocycles. The predicted octanol–water partition coefficient (Wildman–Crippen LogP) is -0.177. The minimum atomic E-state index is -0.127. The van der Waals surface area contributed by atoms with E-state index in [0.717, 1.165) is 0 Å². The fourth-order valence-electron chi connectivity index (χ4n) is 0.557. The molecule has 0 bridgehead atoms. The van der Waals surface area contributed by atoms with E-state index in [-0.39, 0.29) is 12.3 Å². The number of ketones is 1. The van der Waals surface area contributed by atoms with Crippen LogP contribution in [0.15, 0.2) is 12.3 Å². The summed E-state index contributed by atoms with van der Waals surface area (Å²) >= 11 is 0.